The van der Waals surface area contributed by atoms with E-state index in [1.165, 1.54) is 4.67 Å². The molecule has 0 aliphatic carbocycles. The van der Waals surface area contributed by atoms with Crippen molar-refractivity contribution in [3.05, 3.63) is 54.1 Å². The van der Waals surface area contributed by atoms with E-state index in [0.717, 1.165) is 16.7 Å². The van der Waals surface area contributed by atoms with Gasteiger partial charge in [0.15, 0.2) is 0 Å². The number of para-hydroxylation sites is 1. The summed E-state index contributed by atoms with van der Waals surface area (Å²) in [6.45, 7) is 0.339. The van der Waals surface area contributed by atoms with Crippen LogP contribution in [0.1, 0.15) is 18.9 Å². The molecule has 0 amide bonds. The van der Waals surface area contributed by atoms with Crippen molar-refractivity contribution in [2.45, 2.75) is 20.3 Å². The molecule has 0 aliphatic heterocycles. The van der Waals surface area contributed by atoms with Gasteiger partial charge in [-0.3, -0.25) is 0 Å². The molecule has 21 heavy (non-hydrogen) atoms. The fraction of sp³-hybridized carbons (Fsp3) is 0.250. The van der Waals surface area contributed by atoms with E-state index in [-0.39, 0.29) is 0 Å². The molecule has 2 aromatic rings. The highest BCUT2D eigenvalue weighted by molar-refractivity contribution is 8.08. The highest BCUT2D eigenvalue weighted by atomic mass is 32.5. The van der Waals surface area contributed by atoms with Crippen molar-refractivity contribution in [1.82, 2.24) is 0 Å². The molecule has 0 saturated heterocycles. The molecule has 0 spiro atoms. The van der Waals surface area contributed by atoms with E-state index in [9.17, 15) is 9.79 Å². The summed E-state index contributed by atoms with van der Waals surface area (Å²) in [4.78, 5) is 23.9. The van der Waals surface area contributed by atoms with Crippen molar-refractivity contribution in [3.63, 3.8) is 0 Å². The topological polar surface area (TPSA) is 49.4 Å². The molecule has 2 aromatic carbocycles. The van der Waals surface area contributed by atoms with Crippen LogP contribution in [0.5, 0.6) is 0 Å². The third-order valence-electron chi connectivity index (χ3n) is 3.35. The molecule has 0 unspecified atom stereocenters. The van der Waals surface area contributed by atoms with Crippen LogP contribution < -0.4 is 14.5 Å². The summed E-state index contributed by atoms with van der Waals surface area (Å²) >= 11 is 4.72. The number of rotatable bonds is 5. The molecule has 0 aliphatic rings. The molecule has 3 nitrogen and oxygen atoms in total. The largest absolute Gasteiger partial charge is 0.817 e. The zero-order valence-corrected chi connectivity index (χ0v) is 13.9. The Morgan fingerprint density at radius 1 is 1.00 bits per heavy atom. The highest BCUT2D eigenvalue weighted by Gasteiger charge is 2.13. The van der Waals surface area contributed by atoms with Gasteiger partial charge in [-0.1, -0.05) is 49.4 Å². The standard InChI is InChI=1S/C16H20NO2PS/c1-3-12-17(20(18,19)21)16-11-7-6-10-15(16)14-9-5-4-8-13(14)2/h4-11H,3,12H2,1-2H3,(H2,18,19,21)/p-2. The summed E-state index contributed by atoms with van der Waals surface area (Å²) in [6, 6.07) is 15.4. The average Bonchev–Trinajstić information content (AvgIpc) is 2.44. The minimum atomic E-state index is -4.01. The number of nitrogens with zero attached hydrogens (tertiary/aromatic N) is 1. The smallest absolute Gasteiger partial charge is 0.0464 e. The second-order valence-corrected chi connectivity index (χ2v) is 7.73. The first kappa shape index (κ1) is 16.2. The molecule has 0 fully saturated rings. The molecule has 5 heteroatoms. The Morgan fingerprint density at radius 3 is 2.14 bits per heavy atom. The second-order valence-electron chi connectivity index (χ2n) is 4.92. The lowest BCUT2D eigenvalue weighted by Crippen LogP contribution is -2.33. The van der Waals surface area contributed by atoms with Crippen molar-refractivity contribution in [1.29, 1.82) is 0 Å². The maximum Gasteiger partial charge on any atom is 0.0464 e. The van der Waals surface area contributed by atoms with Crippen molar-refractivity contribution in [2.24, 2.45) is 0 Å². The quantitative estimate of drug-likeness (QED) is 0.795. The summed E-state index contributed by atoms with van der Waals surface area (Å²) in [5.74, 6) is 0. The lowest BCUT2D eigenvalue weighted by molar-refractivity contribution is -0.295. The van der Waals surface area contributed by atoms with E-state index in [0.29, 0.717) is 18.7 Å². The Hall–Kier alpha value is -1.19. The van der Waals surface area contributed by atoms with E-state index in [1.807, 2.05) is 62.4 Å². The Kier molecular flexibility index (Phi) is 5.17. The molecular formula is C16H18NO2PS-2. The van der Waals surface area contributed by atoms with Gasteiger partial charge in [-0.05, 0) is 30.5 Å². The number of anilines is 1. The van der Waals surface area contributed by atoms with Gasteiger partial charge in [-0.25, -0.2) is 0 Å². The predicted molar refractivity (Wildman–Crippen MR) is 88.5 cm³/mol. The van der Waals surface area contributed by atoms with E-state index < -0.39 is 6.64 Å². The third-order valence-corrected chi connectivity index (χ3v) is 4.95. The Bertz CT molecular complexity index is 669. The predicted octanol–water partition coefficient (Wildman–Crippen LogP) is 2.82. The lowest BCUT2D eigenvalue weighted by atomic mass is 9.99. The Labute approximate surface area is 131 Å². The van der Waals surface area contributed by atoms with Gasteiger partial charge in [0.05, 0.1) is 0 Å². The van der Waals surface area contributed by atoms with Crippen LogP contribution in [-0.2, 0) is 11.8 Å². The maximum atomic E-state index is 12.0. The Morgan fingerprint density at radius 2 is 1.57 bits per heavy atom. The number of aryl methyl sites for hydroxylation is 1. The summed E-state index contributed by atoms with van der Waals surface area (Å²) in [5, 5.41) is 0. The molecule has 2 rings (SSSR count). The first-order chi connectivity index (χ1) is 9.95. The van der Waals surface area contributed by atoms with Crippen LogP contribution in [0.15, 0.2) is 48.5 Å². The molecule has 0 saturated carbocycles. The monoisotopic (exact) mass is 319 g/mol. The second kappa shape index (κ2) is 6.71. The minimum absolute atomic E-state index is 0.396. The van der Waals surface area contributed by atoms with Gasteiger partial charge in [-0.2, -0.15) is 0 Å². The summed E-state index contributed by atoms with van der Waals surface area (Å²) < 4.78 is 1.34. The lowest BCUT2D eigenvalue weighted by Gasteiger charge is -2.48. The third kappa shape index (κ3) is 3.72. The molecule has 0 atom stereocenters. The van der Waals surface area contributed by atoms with Crippen LogP contribution in [-0.4, -0.2) is 6.54 Å². The highest BCUT2D eigenvalue weighted by Crippen LogP contribution is 2.42. The van der Waals surface area contributed by atoms with Crippen LogP contribution in [0.3, 0.4) is 0 Å². The molecule has 0 N–H and O–H groups in total. The van der Waals surface area contributed by atoms with Gasteiger partial charge in [0, 0.05) is 17.8 Å². The van der Waals surface area contributed by atoms with E-state index in [4.69, 9.17) is 11.8 Å². The van der Waals surface area contributed by atoms with Crippen LogP contribution in [0, 0.1) is 6.92 Å². The van der Waals surface area contributed by atoms with Gasteiger partial charge >= 0.3 is 0 Å². The van der Waals surface area contributed by atoms with Crippen LogP contribution in [0.4, 0.5) is 5.69 Å². The van der Waals surface area contributed by atoms with Crippen molar-refractivity contribution in [3.8, 4) is 11.1 Å². The molecule has 0 aromatic heterocycles. The molecule has 0 heterocycles. The Balaban J connectivity index is 2.60. The SMILES string of the molecule is CCCN(c1ccccc1-c1ccccc1C)P([O-])([O-])=S. The maximum absolute atomic E-state index is 12.0. The average molecular weight is 319 g/mol. The van der Waals surface area contributed by atoms with E-state index in [2.05, 4.69) is 0 Å². The van der Waals surface area contributed by atoms with Crippen LogP contribution in [0.25, 0.3) is 11.1 Å². The summed E-state index contributed by atoms with van der Waals surface area (Å²) in [6.07, 6.45) is 0.713. The van der Waals surface area contributed by atoms with Crippen LogP contribution >= 0.6 is 6.64 Å². The molecule has 0 bridgehead atoms. The van der Waals surface area contributed by atoms with Crippen molar-refractivity contribution in [2.75, 3.05) is 11.2 Å². The summed E-state index contributed by atoms with van der Waals surface area (Å²) in [7, 11) is 0. The van der Waals surface area contributed by atoms with Gasteiger partial charge in [-0.15, -0.1) is 18.4 Å². The number of benzene rings is 2. The van der Waals surface area contributed by atoms with Crippen molar-refractivity contribution >= 4 is 24.1 Å². The molecular weight excluding hydrogens is 301 g/mol. The number of hydrogen-bond acceptors (Lipinski definition) is 3. The minimum Gasteiger partial charge on any atom is -0.817 e. The van der Waals surface area contributed by atoms with Crippen molar-refractivity contribution < 1.29 is 9.79 Å². The van der Waals surface area contributed by atoms with E-state index in [1.54, 1.807) is 0 Å². The zero-order chi connectivity index (χ0) is 15.5. The fourth-order valence-electron chi connectivity index (χ4n) is 2.39. The fourth-order valence-corrected chi connectivity index (χ4v) is 3.78. The number of hydrogen-bond donors (Lipinski definition) is 0. The summed E-state index contributed by atoms with van der Waals surface area (Å²) in [5.41, 5.74) is 3.68. The first-order valence-electron chi connectivity index (χ1n) is 6.90. The van der Waals surface area contributed by atoms with Gasteiger partial charge in [0.25, 0.3) is 0 Å². The van der Waals surface area contributed by atoms with Crippen LogP contribution in [0.2, 0.25) is 0 Å². The van der Waals surface area contributed by atoms with Gasteiger partial charge in [0.1, 0.15) is 0 Å². The van der Waals surface area contributed by atoms with Gasteiger partial charge in [0.2, 0.25) is 0 Å². The molecule has 112 valence electrons. The van der Waals surface area contributed by atoms with E-state index >= 15 is 0 Å². The zero-order valence-electron chi connectivity index (χ0n) is 12.2. The first-order valence-corrected chi connectivity index (χ1v) is 9.49. The normalized spacial score (nSPS) is 11.4. The van der Waals surface area contributed by atoms with Gasteiger partial charge < -0.3 is 14.5 Å². The molecule has 0 radical (unpaired) electrons.